The molecule has 0 heterocycles. The first kappa shape index (κ1) is 15.1. The van der Waals surface area contributed by atoms with E-state index >= 15 is 0 Å². The molecule has 2 N–H and O–H groups in total. The highest BCUT2D eigenvalue weighted by molar-refractivity contribution is 5.20. The van der Waals surface area contributed by atoms with Crippen LogP contribution in [0.2, 0.25) is 0 Å². The third-order valence-electron chi connectivity index (χ3n) is 3.40. The minimum Gasteiger partial charge on any atom is -0.390 e. The van der Waals surface area contributed by atoms with Crippen LogP contribution in [0.1, 0.15) is 32.3 Å². The van der Waals surface area contributed by atoms with Crippen molar-refractivity contribution in [2.75, 3.05) is 0 Å². The summed E-state index contributed by atoms with van der Waals surface area (Å²) in [7, 11) is 0. The molecule has 2 unspecified atom stereocenters. The molecule has 0 aromatic heterocycles. The molecule has 0 spiro atoms. The molecule has 102 valence electrons. The molecule has 18 heavy (non-hydrogen) atoms. The molecule has 2 nitrogen and oxygen atoms in total. The molecule has 1 aromatic rings. The molecule has 0 aliphatic heterocycles. The lowest BCUT2D eigenvalue weighted by molar-refractivity contribution is -0.0194. The smallest absolute Gasteiger partial charge is 0.129 e. The molecule has 1 rings (SSSR count). The number of hydrogen-bond acceptors (Lipinski definition) is 2. The number of halogens is 2. The van der Waals surface area contributed by atoms with E-state index in [4.69, 9.17) is 0 Å². The molecule has 0 aliphatic rings. The highest BCUT2D eigenvalue weighted by Gasteiger charge is 2.25. The minimum absolute atomic E-state index is 0.0603. The van der Waals surface area contributed by atoms with E-state index < -0.39 is 23.8 Å². The molecule has 0 saturated heterocycles. The van der Waals surface area contributed by atoms with E-state index in [1.165, 1.54) is 6.07 Å². The number of aliphatic hydroxyl groups excluding tert-OH is 2. The zero-order chi connectivity index (χ0) is 13.7. The van der Waals surface area contributed by atoms with Gasteiger partial charge in [-0.25, -0.2) is 8.78 Å². The summed E-state index contributed by atoms with van der Waals surface area (Å²) in [6.07, 6.45) is -0.889. The molecule has 0 aliphatic carbocycles. The SMILES string of the molecule is CCC(CC)C(O)C(O)Cc1c(F)cccc1F. The fourth-order valence-electron chi connectivity index (χ4n) is 2.14. The Bertz CT molecular complexity index is 358. The van der Waals surface area contributed by atoms with Gasteiger partial charge in [0.15, 0.2) is 0 Å². The summed E-state index contributed by atoms with van der Waals surface area (Å²) in [4.78, 5) is 0. The zero-order valence-corrected chi connectivity index (χ0v) is 10.7. The second kappa shape index (κ2) is 6.81. The van der Waals surface area contributed by atoms with Crippen LogP contribution in [0.4, 0.5) is 8.78 Å². The van der Waals surface area contributed by atoms with Gasteiger partial charge < -0.3 is 10.2 Å². The van der Waals surface area contributed by atoms with Gasteiger partial charge >= 0.3 is 0 Å². The maximum absolute atomic E-state index is 13.4. The van der Waals surface area contributed by atoms with Gasteiger partial charge in [-0.1, -0.05) is 32.8 Å². The third kappa shape index (κ3) is 3.50. The van der Waals surface area contributed by atoms with Crippen molar-refractivity contribution in [1.29, 1.82) is 0 Å². The van der Waals surface area contributed by atoms with Crippen LogP contribution in [-0.4, -0.2) is 22.4 Å². The van der Waals surface area contributed by atoms with E-state index in [1.54, 1.807) is 0 Å². The molecule has 0 saturated carbocycles. The van der Waals surface area contributed by atoms with Gasteiger partial charge in [0.05, 0.1) is 12.2 Å². The van der Waals surface area contributed by atoms with Crippen LogP contribution in [0, 0.1) is 17.6 Å². The van der Waals surface area contributed by atoms with E-state index in [1.807, 2.05) is 13.8 Å². The molecule has 1 aromatic carbocycles. The third-order valence-corrected chi connectivity index (χ3v) is 3.40. The average molecular weight is 258 g/mol. The summed E-state index contributed by atoms with van der Waals surface area (Å²) >= 11 is 0. The van der Waals surface area contributed by atoms with Gasteiger partial charge in [0.2, 0.25) is 0 Å². The van der Waals surface area contributed by atoms with Gasteiger partial charge in [0.1, 0.15) is 11.6 Å². The Morgan fingerprint density at radius 3 is 2.00 bits per heavy atom. The summed E-state index contributed by atoms with van der Waals surface area (Å²) in [5.74, 6) is -1.44. The maximum atomic E-state index is 13.4. The summed E-state index contributed by atoms with van der Waals surface area (Å²) in [5.41, 5.74) is -0.171. The van der Waals surface area contributed by atoms with Gasteiger partial charge in [-0.2, -0.15) is 0 Å². The predicted octanol–water partition coefficient (Wildman–Crippen LogP) is 2.67. The fraction of sp³-hybridized carbons (Fsp3) is 0.571. The predicted molar refractivity (Wildman–Crippen MR) is 66.1 cm³/mol. The Labute approximate surface area is 106 Å². The molecule has 2 atom stereocenters. The Morgan fingerprint density at radius 2 is 1.56 bits per heavy atom. The van der Waals surface area contributed by atoms with Gasteiger partial charge in [-0.3, -0.25) is 0 Å². The molecule has 0 bridgehead atoms. The van der Waals surface area contributed by atoms with E-state index in [2.05, 4.69) is 0 Å². The van der Waals surface area contributed by atoms with Crippen LogP contribution in [0.25, 0.3) is 0 Å². The lowest BCUT2D eigenvalue weighted by Gasteiger charge is -2.25. The monoisotopic (exact) mass is 258 g/mol. The Kier molecular flexibility index (Phi) is 5.69. The van der Waals surface area contributed by atoms with Crippen LogP contribution in [0.3, 0.4) is 0 Å². The van der Waals surface area contributed by atoms with Crippen LogP contribution in [-0.2, 0) is 6.42 Å². The van der Waals surface area contributed by atoms with E-state index in [-0.39, 0.29) is 17.9 Å². The minimum atomic E-state index is -1.15. The molecule has 0 radical (unpaired) electrons. The normalized spacial score (nSPS) is 14.8. The van der Waals surface area contributed by atoms with Gasteiger partial charge in [0, 0.05) is 12.0 Å². The van der Waals surface area contributed by atoms with Crippen LogP contribution >= 0.6 is 0 Å². The van der Waals surface area contributed by atoms with E-state index in [0.29, 0.717) is 12.8 Å². The van der Waals surface area contributed by atoms with Crippen LogP contribution < -0.4 is 0 Å². The van der Waals surface area contributed by atoms with Crippen molar-refractivity contribution in [3.63, 3.8) is 0 Å². The maximum Gasteiger partial charge on any atom is 0.129 e. The Hall–Kier alpha value is -1.00. The van der Waals surface area contributed by atoms with Gasteiger partial charge in [-0.05, 0) is 18.1 Å². The van der Waals surface area contributed by atoms with Crippen LogP contribution in [0.15, 0.2) is 18.2 Å². The summed E-state index contributed by atoms with van der Waals surface area (Å²) < 4.78 is 26.8. The summed E-state index contributed by atoms with van der Waals surface area (Å²) in [5, 5.41) is 19.8. The number of rotatable bonds is 6. The second-order valence-electron chi connectivity index (χ2n) is 4.54. The Morgan fingerprint density at radius 1 is 1.06 bits per heavy atom. The Balaban J connectivity index is 2.78. The quantitative estimate of drug-likeness (QED) is 0.823. The van der Waals surface area contributed by atoms with Gasteiger partial charge in [0.25, 0.3) is 0 Å². The highest BCUT2D eigenvalue weighted by atomic mass is 19.1. The van der Waals surface area contributed by atoms with E-state index in [9.17, 15) is 19.0 Å². The molecule has 4 heteroatoms. The first-order valence-corrected chi connectivity index (χ1v) is 6.30. The van der Waals surface area contributed by atoms with Crippen molar-refractivity contribution in [1.82, 2.24) is 0 Å². The van der Waals surface area contributed by atoms with Crippen LogP contribution in [0.5, 0.6) is 0 Å². The topological polar surface area (TPSA) is 40.5 Å². The number of aliphatic hydroxyl groups is 2. The fourth-order valence-corrected chi connectivity index (χ4v) is 2.14. The van der Waals surface area contributed by atoms with E-state index in [0.717, 1.165) is 12.1 Å². The largest absolute Gasteiger partial charge is 0.390 e. The summed E-state index contributed by atoms with van der Waals surface area (Å²) in [6, 6.07) is 3.57. The van der Waals surface area contributed by atoms with Crippen molar-refractivity contribution in [3.8, 4) is 0 Å². The lowest BCUT2D eigenvalue weighted by atomic mass is 9.90. The number of benzene rings is 1. The zero-order valence-electron chi connectivity index (χ0n) is 10.7. The van der Waals surface area contributed by atoms with Crippen molar-refractivity contribution < 1.29 is 19.0 Å². The first-order valence-electron chi connectivity index (χ1n) is 6.30. The average Bonchev–Trinajstić information content (AvgIpc) is 2.35. The molecule has 0 fully saturated rings. The highest BCUT2D eigenvalue weighted by Crippen LogP contribution is 2.21. The van der Waals surface area contributed by atoms with Crippen molar-refractivity contribution in [3.05, 3.63) is 35.4 Å². The van der Waals surface area contributed by atoms with Gasteiger partial charge in [-0.15, -0.1) is 0 Å². The van der Waals surface area contributed by atoms with Crippen molar-refractivity contribution >= 4 is 0 Å². The molecular weight excluding hydrogens is 238 g/mol. The molecular formula is C14H20F2O2. The first-order chi connectivity index (χ1) is 8.51. The van der Waals surface area contributed by atoms with Crippen molar-refractivity contribution in [2.24, 2.45) is 5.92 Å². The summed E-state index contributed by atoms with van der Waals surface area (Å²) in [6.45, 7) is 3.82. The number of hydrogen-bond donors (Lipinski definition) is 2. The second-order valence-corrected chi connectivity index (χ2v) is 4.54. The lowest BCUT2D eigenvalue weighted by Crippen LogP contribution is -2.35. The van der Waals surface area contributed by atoms with Crippen molar-refractivity contribution in [2.45, 2.75) is 45.3 Å². The molecule has 0 amide bonds. The standard InChI is InChI=1S/C14H20F2O2/c1-3-9(4-2)14(18)13(17)8-10-11(15)6-5-7-12(10)16/h5-7,9,13-14,17-18H,3-4,8H2,1-2H3.